The first-order chi connectivity index (χ1) is 13.4. The van der Waals surface area contributed by atoms with Crippen molar-refractivity contribution in [2.24, 2.45) is 5.92 Å². The lowest BCUT2D eigenvalue weighted by Crippen LogP contribution is -2.28. The Morgan fingerprint density at radius 3 is 2.39 bits per heavy atom. The first-order valence-corrected chi connectivity index (χ1v) is 8.83. The monoisotopic (exact) mass is 382 g/mol. The van der Waals surface area contributed by atoms with Crippen molar-refractivity contribution in [1.82, 2.24) is 9.78 Å². The molecule has 28 heavy (non-hydrogen) atoms. The zero-order valence-electron chi connectivity index (χ0n) is 15.5. The highest BCUT2D eigenvalue weighted by atomic mass is 19.1. The maximum absolute atomic E-state index is 13.7. The topological polar surface area (TPSA) is 78.3 Å². The number of carbonyl (C=O) groups is 2. The lowest BCUT2D eigenvalue weighted by molar-refractivity contribution is 0.0467. The molecule has 0 aliphatic rings. The van der Waals surface area contributed by atoms with E-state index < -0.39 is 24.2 Å². The molecule has 6 nitrogen and oxygen atoms in total. The predicted octanol–water partition coefficient (Wildman–Crippen LogP) is 3.23. The first kappa shape index (κ1) is 19.4. The Kier molecular flexibility index (Phi) is 5.63. The molecule has 0 saturated carbocycles. The Labute approximate surface area is 160 Å². The van der Waals surface area contributed by atoms with Crippen LogP contribution < -0.4 is 5.56 Å². The number of fused-ring (bicyclic) bond motifs is 1. The van der Waals surface area contributed by atoms with Gasteiger partial charge in [0.25, 0.3) is 5.56 Å². The molecule has 1 aromatic heterocycles. The summed E-state index contributed by atoms with van der Waals surface area (Å²) in [6.07, 6.45) is 0. The van der Waals surface area contributed by atoms with Gasteiger partial charge in [0.1, 0.15) is 5.82 Å². The van der Waals surface area contributed by atoms with Gasteiger partial charge in [0.05, 0.1) is 10.9 Å². The van der Waals surface area contributed by atoms with Crippen molar-refractivity contribution >= 4 is 22.5 Å². The number of rotatable bonds is 6. The highest BCUT2D eigenvalue weighted by Crippen LogP contribution is 2.15. The van der Waals surface area contributed by atoms with Gasteiger partial charge in [0.2, 0.25) is 5.78 Å². The molecule has 0 aliphatic carbocycles. The molecular formula is C21H19FN2O4. The lowest BCUT2D eigenvalue weighted by Gasteiger charge is -2.12. The van der Waals surface area contributed by atoms with Gasteiger partial charge in [0, 0.05) is 11.9 Å². The Morgan fingerprint density at radius 1 is 1.07 bits per heavy atom. The number of aromatic nitrogens is 2. The highest BCUT2D eigenvalue weighted by molar-refractivity contribution is 6.04. The summed E-state index contributed by atoms with van der Waals surface area (Å²) in [5.74, 6) is -2.06. The zero-order chi connectivity index (χ0) is 20.3. The summed E-state index contributed by atoms with van der Waals surface area (Å²) in [5.41, 5.74) is -0.515. The number of esters is 1. The largest absolute Gasteiger partial charge is 0.452 e. The van der Waals surface area contributed by atoms with E-state index in [-0.39, 0.29) is 22.7 Å². The van der Waals surface area contributed by atoms with Gasteiger partial charge in [-0.2, -0.15) is 5.10 Å². The fourth-order valence-electron chi connectivity index (χ4n) is 2.82. The number of ether oxygens (including phenoxy) is 1. The Morgan fingerprint density at radius 2 is 1.71 bits per heavy atom. The molecule has 0 N–H and O–H groups in total. The average molecular weight is 382 g/mol. The summed E-state index contributed by atoms with van der Waals surface area (Å²) in [6, 6.07) is 12.0. The number of nitrogens with zero attached hydrogens (tertiary/aromatic N) is 2. The summed E-state index contributed by atoms with van der Waals surface area (Å²) >= 11 is 0. The van der Waals surface area contributed by atoms with E-state index in [2.05, 4.69) is 5.10 Å². The van der Waals surface area contributed by atoms with Gasteiger partial charge in [-0.15, -0.1) is 0 Å². The maximum atomic E-state index is 13.7. The van der Waals surface area contributed by atoms with Crippen LogP contribution >= 0.6 is 0 Å². The molecule has 0 saturated heterocycles. The normalized spacial score (nSPS) is 11.0. The molecule has 0 bridgehead atoms. The standard InChI is InChI=1S/C21H19FN2O4/c1-13(2)11-24-20(26)15-8-4-3-7-14(15)19(23-24)21(27)28-12-18(25)16-9-5-6-10-17(16)22/h3-10,13H,11-12H2,1-2H3. The van der Waals surface area contributed by atoms with Gasteiger partial charge >= 0.3 is 5.97 Å². The zero-order valence-corrected chi connectivity index (χ0v) is 15.5. The van der Waals surface area contributed by atoms with Crippen LogP contribution in [0.3, 0.4) is 0 Å². The van der Waals surface area contributed by atoms with Crippen LogP contribution in [0.2, 0.25) is 0 Å². The van der Waals surface area contributed by atoms with Crippen molar-refractivity contribution in [3.8, 4) is 0 Å². The Balaban J connectivity index is 1.91. The smallest absolute Gasteiger partial charge is 0.359 e. The molecule has 7 heteroatoms. The van der Waals surface area contributed by atoms with E-state index in [1.54, 1.807) is 24.3 Å². The van der Waals surface area contributed by atoms with E-state index >= 15 is 0 Å². The van der Waals surface area contributed by atoms with Crippen LogP contribution in [0.15, 0.2) is 53.3 Å². The van der Waals surface area contributed by atoms with Crippen LogP contribution in [0.1, 0.15) is 34.7 Å². The van der Waals surface area contributed by atoms with Crippen molar-refractivity contribution in [3.63, 3.8) is 0 Å². The van der Waals surface area contributed by atoms with E-state index in [1.807, 2.05) is 13.8 Å². The van der Waals surface area contributed by atoms with Gasteiger partial charge in [-0.3, -0.25) is 9.59 Å². The maximum Gasteiger partial charge on any atom is 0.359 e. The number of halogens is 1. The number of benzene rings is 2. The van der Waals surface area contributed by atoms with Crippen molar-refractivity contribution in [3.05, 3.63) is 76.0 Å². The fourth-order valence-corrected chi connectivity index (χ4v) is 2.82. The van der Waals surface area contributed by atoms with Crippen LogP contribution in [0.5, 0.6) is 0 Å². The number of Topliss-reactive ketones (excluding diaryl/α,β-unsaturated/α-hetero) is 1. The van der Waals surface area contributed by atoms with Crippen molar-refractivity contribution in [1.29, 1.82) is 0 Å². The molecular weight excluding hydrogens is 363 g/mol. The third-order valence-corrected chi connectivity index (χ3v) is 4.11. The molecule has 0 unspecified atom stereocenters. The summed E-state index contributed by atoms with van der Waals surface area (Å²) in [4.78, 5) is 37.3. The van der Waals surface area contributed by atoms with Crippen LogP contribution in [0.25, 0.3) is 10.8 Å². The second-order valence-corrected chi connectivity index (χ2v) is 6.75. The number of hydrogen-bond donors (Lipinski definition) is 0. The van der Waals surface area contributed by atoms with Gasteiger partial charge in [-0.25, -0.2) is 13.9 Å². The third kappa shape index (κ3) is 3.98. The van der Waals surface area contributed by atoms with Gasteiger partial charge in [0.15, 0.2) is 12.3 Å². The lowest BCUT2D eigenvalue weighted by atomic mass is 10.1. The van der Waals surface area contributed by atoms with Gasteiger partial charge in [-0.05, 0) is 24.1 Å². The van der Waals surface area contributed by atoms with Crippen LogP contribution in [0.4, 0.5) is 4.39 Å². The molecule has 3 aromatic rings. The van der Waals surface area contributed by atoms with Gasteiger partial charge in [-0.1, -0.05) is 44.2 Å². The minimum absolute atomic E-state index is 0.0582. The summed E-state index contributed by atoms with van der Waals surface area (Å²) in [7, 11) is 0. The molecule has 3 rings (SSSR count). The van der Waals surface area contributed by atoms with E-state index in [0.29, 0.717) is 17.3 Å². The predicted molar refractivity (Wildman–Crippen MR) is 102 cm³/mol. The highest BCUT2D eigenvalue weighted by Gasteiger charge is 2.20. The SMILES string of the molecule is CC(C)Cn1nc(C(=O)OCC(=O)c2ccccc2F)c2ccccc2c1=O. The molecule has 2 aromatic carbocycles. The Bertz CT molecular complexity index is 1110. The second kappa shape index (κ2) is 8.12. The third-order valence-electron chi connectivity index (χ3n) is 4.11. The number of ketones is 1. The molecule has 0 radical (unpaired) electrons. The number of hydrogen-bond acceptors (Lipinski definition) is 5. The summed E-state index contributed by atoms with van der Waals surface area (Å²) in [6.45, 7) is 3.56. The van der Waals surface area contributed by atoms with Crippen molar-refractivity contribution in [2.45, 2.75) is 20.4 Å². The Hall–Kier alpha value is -3.35. The minimum atomic E-state index is -0.849. The summed E-state index contributed by atoms with van der Waals surface area (Å²) in [5, 5.41) is 4.83. The van der Waals surface area contributed by atoms with E-state index in [0.717, 1.165) is 6.07 Å². The van der Waals surface area contributed by atoms with E-state index in [9.17, 15) is 18.8 Å². The first-order valence-electron chi connectivity index (χ1n) is 8.83. The van der Waals surface area contributed by atoms with Crippen molar-refractivity contribution in [2.75, 3.05) is 6.61 Å². The van der Waals surface area contributed by atoms with Crippen LogP contribution in [-0.2, 0) is 11.3 Å². The van der Waals surface area contributed by atoms with Crippen molar-refractivity contribution < 1.29 is 18.7 Å². The molecule has 0 amide bonds. The average Bonchev–Trinajstić information content (AvgIpc) is 2.68. The van der Waals surface area contributed by atoms with Crippen LogP contribution in [0, 0.1) is 11.7 Å². The fraction of sp³-hybridized carbons (Fsp3) is 0.238. The molecule has 0 aliphatic heterocycles. The molecule has 144 valence electrons. The molecule has 0 fully saturated rings. The molecule has 0 atom stereocenters. The second-order valence-electron chi connectivity index (χ2n) is 6.75. The minimum Gasteiger partial charge on any atom is -0.452 e. The molecule has 1 heterocycles. The summed E-state index contributed by atoms with van der Waals surface area (Å²) < 4.78 is 20.0. The molecule has 0 spiro atoms. The van der Waals surface area contributed by atoms with E-state index in [1.165, 1.54) is 22.9 Å². The van der Waals surface area contributed by atoms with Crippen LogP contribution in [-0.4, -0.2) is 28.1 Å². The quantitative estimate of drug-likeness (QED) is 0.483. The van der Waals surface area contributed by atoms with E-state index in [4.69, 9.17) is 4.74 Å². The van der Waals surface area contributed by atoms with Gasteiger partial charge < -0.3 is 4.74 Å². The number of carbonyl (C=O) groups excluding carboxylic acids is 2.